The first-order valence-electron chi connectivity index (χ1n) is 7.12. The summed E-state index contributed by atoms with van der Waals surface area (Å²) in [7, 11) is 0. The smallest absolute Gasteiger partial charge is 0.258 e. The lowest BCUT2D eigenvalue weighted by Crippen LogP contribution is -2.32. The van der Waals surface area contributed by atoms with E-state index in [1.54, 1.807) is 6.07 Å². The maximum absolute atomic E-state index is 11.0. The average molecular weight is 351 g/mol. The van der Waals surface area contributed by atoms with Gasteiger partial charge in [0.2, 0.25) is 0 Å². The highest BCUT2D eigenvalue weighted by molar-refractivity contribution is 9.10. The molecule has 0 amide bonds. The van der Waals surface area contributed by atoms with Gasteiger partial charge in [0.1, 0.15) is 0 Å². The molecule has 0 N–H and O–H groups in total. The molecule has 0 heterocycles. The Morgan fingerprint density at radius 1 is 1.33 bits per heavy atom. The number of nitriles is 1. The second kappa shape index (κ2) is 5.76. The average Bonchev–Trinajstić information content (AvgIpc) is 2.43. The minimum Gasteiger partial charge on any atom is -0.258 e. The SMILES string of the molecule is CC1(C)CCC(C#N)(Cc2cccc([N+](=O)[O-])c2Br)CC1. The first kappa shape index (κ1) is 16.0. The van der Waals surface area contributed by atoms with E-state index in [0.717, 1.165) is 31.2 Å². The van der Waals surface area contributed by atoms with Crippen molar-refractivity contribution < 1.29 is 4.92 Å². The van der Waals surface area contributed by atoms with Crippen molar-refractivity contribution in [2.75, 3.05) is 0 Å². The lowest BCUT2D eigenvalue weighted by atomic mass is 9.64. The molecule has 0 saturated heterocycles. The summed E-state index contributed by atoms with van der Waals surface area (Å²) >= 11 is 3.33. The number of nitro benzene ring substituents is 1. The summed E-state index contributed by atoms with van der Waals surface area (Å²) in [6, 6.07) is 7.53. The van der Waals surface area contributed by atoms with Crippen LogP contribution in [-0.2, 0) is 6.42 Å². The Bertz CT molecular complexity index is 595. The first-order chi connectivity index (χ1) is 9.79. The molecule has 0 atom stereocenters. The molecule has 4 nitrogen and oxygen atoms in total. The van der Waals surface area contributed by atoms with Crippen LogP contribution in [0.25, 0.3) is 0 Å². The molecule has 2 rings (SSSR count). The molecule has 1 aliphatic rings. The predicted octanol–water partition coefficient (Wildman–Crippen LogP) is 5.01. The lowest BCUT2D eigenvalue weighted by molar-refractivity contribution is -0.385. The highest BCUT2D eigenvalue weighted by atomic mass is 79.9. The fourth-order valence-electron chi connectivity index (χ4n) is 2.94. The largest absolute Gasteiger partial charge is 0.283 e. The molecule has 1 aliphatic carbocycles. The normalized spacial score (nSPS) is 19.7. The van der Waals surface area contributed by atoms with Crippen LogP contribution in [-0.4, -0.2) is 4.92 Å². The fourth-order valence-corrected chi connectivity index (χ4v) is 3.49. The van der Waals surface area contributed by atoms with Crippen LogP contribution in [0.2, 0.25) is 0 Å². The van der Waals surface area contributed by atoms with Crippen molar-refractivity contribution in [2.24, 2.45) is 10.8 Å². The van der Waals surface area contributed by atoms with Crippen LogP contribution in [0, 0.1) is 32.3 Å². The molecule has 1 saturated carbocycles. The quantitative estimate of drug-likeness (QED) is 0.568. The Labute approximate surface area is 133 Å². The summed E-state index contributed by atoms with van der Waals surface area (Å²) < 4.78 is 0.509. The molecule has 0 aromatic heterocycles. The lowest BCUT2D eigenvalue weighted by Gasteiger charge is -2.39. The Balaban J connectivity index is 2.27. The summed E-state index contributed by atoms with van der Waals surface area (Å²) in [4.78, 5) is 10.6. The topological polar surface area (TPSA) is 66.9 Å². The van der Waals surface area contributed by atoms with Gasteiger partial charge in [-0.3, -0.25) is 10.1 Å². The molecule has 5 heteroatoms. The summed E-state index contributed by atoms with van der Waals surface area (Å²) in [6.45, 7) is 4.47. The molecular formula is C16H19BrN2O2. The third kappa shape index (κ3) is 3.44. The van der Waals surface area contributed by atoms with Crippen molar-refractivity contribution in [1.29, 1.82) is 5.26 Å². The summed E-state index contributed by atoms with van der Waals surface area (Å²) in [5.74, 6) is 0. The van der Waals surface area contributed by atoms with Crippen LogP contribution in [0.3, 0.4) is 0 Å². The van der Waals surface area contributed by atoms with Gasteiger partial charge in [0, 0.05) is 6.07 Å². The van der Waals surface area contributed by atoms with Gasteiger partial charge in [-0.1, -0.05) is 26.0 Å². The maximum atomic E-state index is 11.0. The van der Waals surface area contributed by atoms with Gasteiger partial charge in [-0.2, -0.15) is 5.26 Å². The molecule has 0 bridgehead atoms. The number of rotatable bonds is 3. The molecule has 0 aliphatic heterocycles. The van der Waals surface area contributed by atoms with Gasteiger partial charge >= 0.3 is 0 Å². The summed E-state index contributed by atoms with van der Waals surface area (Å²) in [5.41, 5.74) is 0.815. The van der Waals surface area contributed by atoms with Crippen molar-refractivity contribution in [3.8, 4) is 6.07 Å². The van der Waals surface area contributed by atoms with Crippen LogP contribution in [0.15, 0.2) is 22.7 Å². The molecule has 0 unspecified atom stereocenters. The molecule has 0 spiro atoms. The zero-order chi connectivity index (χ0) is 15.7. The summed E-state index contributed by atoms with van der Waals surface area (Å²) in [5, 5.41) is 20.7. The van der Waals surface area contributed by atoms with Crippen molar-refractivity contribution in [3.63, 3.8) is 0 Å². The van der Waals surface area contributed by atoms with Crippen molar-refractivity contribution >= 4 is 21.6 Å². The number of hydrogen-bond acceptors (Lipinski definition) is 3. The Hall–Kier alpha value is -1.41. The Morgan fingerprint density at radius 3 is 2.48 bits per heavy atom. The molecule has 1 aromatic carbocycles. The number of hydrogen-bond donors (Lipinski definition) is 0. The minimum atomic E-state index is -0.396. The maximum Gasteiger partial charge on any atom is 0.283 e. The van der Waals surface area contributed by atoms with Gasteiger partial charge in [0.05, 0.1) is 20.9 Å². The standard InChI is InChI=1S/C16H19BrN2O2/c1-15(2)6-8-16(11-18,9-7-15)10-12-4-3-5-13(14(12)17)19(20)21/h3-5H,6-10H2,1-2H3. The second-order valence-electron chi connectivity index (χ2n) is 6.74. The van der Waals surface area contributed by atoms with E-state index >= 15 is 0 Å². The van der Waals surface area contributed by atoms with E-state index in [9.17, 15) is 15.4 Å². The van der Waals surface area contributed by atoms with Crippen molar-refractivity contribution in [3.05, 3.63) is 38.3 Å². The molecule has 0 radical (unpaired) electrons. The van der Waals surface area contributed by atoms with E-state index in [0.29, 0.717) is 16.3 Å². The minimum absolute atomic E-state index is 0.0664. The Kier molecular flexibility index (Phi) is 4.38. The molecule has 112 valence electrons. The Morgan fingerprint density at radius 2 is 1.95 bits per heavy atom. The van der Waals surface area contributed by atoms with E-state index in [4.69, 9.17) is 0 Å². The highest BCUT2D eigenvalue weighted by Gasteiger charge is 2.39. The van der Waals surface area contributed by atoms with E-state index in [2.05, 4.69) is 35.8 Å². The zero-order valence-electron chi connectivity index (χ0n) is 12.4. The van der Waals surface area contributed by atoms with Gasteiger partial charge in [0.15, 0.2) is 0 Å². The van der Waals surface area contributed by atoms with E-state index in [1.165, 1.54) is 6.07 Å². The number of nitrogens with zero attached hydrogens (tertiary/aromatic N) is 2. The third-order valence-electron chi connectivity index (χ3n) is 4.58. The molecule has 21 heavy (non-hydrogen) atoms. The van der Waals surface area contributed by atoms with Crippen LogP contribution in [0.5, 0.6) is 0 Å². The van der Waals surface area contributed by atoms with Crippen LogP contribution in [0.4, 0.5) is 5.69 Å². The van der Waals surface area contributed by atoms with E-state index < -0.39 is 10.3 Å². The number of halogens is 1. The van der Waals surface area contributed by atoms with Gasteiger partial charge in [-0.25, -0.2) is 0 Å². The fraction of sp³-hybridized carbons (Fsp3) is 0.562. The van der Waals surface area contributed by atoms with Gasteiger partial charge in [0.25, 0.3) is 5.69 Å². The van der Waals surface area contributed by atoms with E-state index in [-0.39, 0.29) is 5.69 Å². The summed E-state index contributed by atoms with van der Waals surface area (Å²) in [6.07, 6.45) is 4.32. The van der Waals surface area contributed by atoms with Crippen molar-refractivity contribution in [1.82, 2.24) is 0 Å². The molecular weight excluding hydrogens is 332 g/mol. The van der Waals surface area contributed by atoms with Gasteiger partial charge in [-0.05, 0) is 59.0 Å². The van der Waals surface area contributed by atoms with E-state index in [1.807, 2.05) is 6.07 Å². The second-order valence-corrected chi connectivity index (χ2v) is 7.53. The van der Waals surface area contributed by atoms with Crippen LogP contribution in [0.1, 0.15) is 45.1 Å². The van der Waals surface area contributed by atoms with Crippen LogP contribution >= 0.6 is 15.9 Å². The van der Waals surface area contributed by atoms with Crippen LogP contribution < -0.4 is 0 Å². The van der Waals surface area contributed by atoms with Gasteiger partial charge < -0.3 is 0 Å². The predicted molar refractivity (Wildman–Crippen MR) is 84.8 cm³/mol. The zero-order valence-corrected chi connectivity index (χ0v) is 13.9. The van der Waals surface area contributed by atoms with Crippen molar-refractivity contribution in [2.45, 2.75) is 46.0 Å². The van der Waals surface area contributed by atoms with Gasteiger partial charge in [-0.15, -0.1) is 0 Å². The molecule has 1 aromatic rings. The first-order valence-corrected chi connectivity index (χ1v) is 7.91. The molecule has 1 fully saturated rings. The monoisotopic (exact) mass is 350 g/mol. The highest BCUT2D eigenvalue weighted by Crippen LogP contribution is 2.47. The third-order valence-corrected chi connectivity index (χ3v) is 5.50. The number of nitro groups is 1. The number of benzene rings is 1.